The maximum Gasteiger partial charge on any atom is 0.323 e. The quantitative estimate of drug-likeness (QED) is 0.188. The highest BCUT2D eigenvalue weighted by molar-refractivity contribution is 8.09. The van der Waals surface area contributed by atoms with E-state index in [0.29, 0.717) is 17.1 Å². The molecule has 13 nitrogen and oxygen atoms in total. The van der Waals surface area contributed by atoms with Crippen molar-refractivity contribution in [3.8, 4) is 5.75 Å². The summed E-state index contributed by atoms with van der Waals surface area (Å²) in [5.74, 6) is 0.154. The summed E-state index contributed by atoms with van der Waals surface area (Å²) in [6.07, 6.45) is -3.12. The van der Waals surface area contributed by atoms with Crippen LogP contribution in [0.2, 0.25) is 0 Å². The van der Waals surface area contributed by atoms with Gasteiger partial charge in [0, 0.05) is 7.05 Å². The maximum atomic E-state index is 16.0. The van der Waals surface area contributed by atoms with E-state index in [9.17, 15) is 9.90 Å². The van der Waals surface area contributed by atoms with E-state index in [1.807, 2.05) is 0 Å². The fourth-order valence-electron chi connectivity index (χ4n) is 4.14. The summed E-state index contributed by atoms with van der Waals surface area (Å²) in [4.78, 5) is 25.0. The summed E-state index contributed by atoms with van der Waals surface area (Å²) in [6.45, 7) is 2.42. The van der Waals surface area contributed by atoms with E-state index in [-0.39, 0.29) is 24.3 Å². The summed E-state index contributed by atoms with van der Waals surface area (Å²) in [7, 11) is 1.64. The number of para-hydroxylation sites is 1. The largest absolute Gasteiger partial charge is 0.462 e. The number of anilines is 2. The lowest BCUT2D eigenvalue weighted by molar-refractivity contribution is -0.149. The number of aromatic nitrogens is 4. The smallest absolute Gasteiger partial charge is 0.323 e. The van der Waals surface area contributed by atoms with E-state index in [4.69, 9.17) is 36.1 Å². The first-order valence-electron chi connectivity index (χ1n) is 12.5. The SMILES string of the molecule is CNc1nc(N)nc2c1ncn2C1OC(CO[P@@](=S)(N[C@@H](C)C(=O)OC(C)C)Oc2ccccc2)[C@@H](O)[C@@]1(C)F. The molecule has 2 unspecified atom stereocenters. The Kier molecular flexibility index (Phi) is 8.93. The predicted octanol–water partition coefficient (Wildman–Crippen LogP) is 2.69. The number of nitrogen functional groups attached to an aromatic ring is 1. The molecule has 1 aliphatic heterocycles. The van der Waals surface area contributed by atoms with Gasteiger partial charge < -0.3 is 34.7 Å². The number of alkyl halides is 1. The number of fused-ring (bicyclic) bond motifs is 1. The third kappa shape index (κ3) is 6.35. The highest BCUT2D eigenvalue weighted by Gasteiger charge is 2.56. The van der Waals surface area contributed by atoms with Gasteiger partial charge >= 0.3 is 12.6 Å². The molecule has 218 valence electrons. The van der Waals surface area contributed by atoms with Crippen molar-refractivity contribution in [2.24, 2.45) is 0 Å². The van der Waals surface area contributed by atoms with Gasteiger partial charge in [0.05, 0.1) is 19.0 Å². The van der Waals surface area contributed by atoms with E-state index in [2.05, 4.69) is 25.4 Å². The average molecular weight is 598 g/mol. The third-order valence-electron chi connectivity index (χ3n) is 6.08. The molecule has 3 aromatic rings. The molecule has 1 aromatic carbocycles. The fraction of sp³-hybridized carbons (Fsp3) is 0.500. The van der Waals surface area contributed by atoms with Gasteiger partial charge in [0.1, 0.15) is 24.0 Å². The van der Waals surface area contributed by atoms with Crippen molar-refractivity contribution < 1.29 is 32.8 Å². The highest BCUT2D eigenvalue weighted by atomic mass is 32.5. The van der Waals surface area contributed by atoms with Crippen LogP contribution in [0.5, 0.6) is 5.75 Å². The number of benzene rings is 1. The van der Waals surface area contributed by atoms with E-state index >= 15 is 4.39 Å². The van der Waals surface area contributed by atoms with Crippen LogP contribution in [0.15, 0.2) is 36.7 Å². The molecule has 1 saturated heterocycles. The molecular formula is C24H33FN7O6PS. The number of ether oxygens (including phenoxy) is 2. The summed E-state index contributed by atoms with van der Waals surface area (Å²) in [5, 5.41) is 16.7. The lowest BCUT2D eigenvalue weighted by atomic mass is 9.98. The number of nitrogens with one attached hydrogen (secondary N) is 2. The lowest BCUT2D eigenvalue weighted by Gasteiger charge is -2.28. The van der Waals surface area contributed by atoms with Crippen LogP contribution in [0.3, 0.4) is 0 Å². The van der Waals surface area contributed by atoms with Gasteiger partial charge in [-0.3, -0.25) is 9.36 Å². The Labute approximate surface area is 235 Å². The van der Waals surface area contributed by atoms with Gasteiger partial charge in [-0.1, -0.05) is 18.2 Å². The van der Waals surface area contributed by atoms with Crippen LogP contribution in [0.4, 0.5) is 16.2 Å². The number of rotatable bonds is 11. The summed E-state index contributed by atoms with van der Waals surface area (Å²) < 4.78 is 40.5. The van der Waals surface area contributed by atoms with Crippen molar-refractivity contribution in [3.63, 3.8) is 0 Å². The highest BCUT2D eigenvalue weighted by Crippen LogP contribution is 2.48. The second kappa shape index (κ2) is 11.9. The molecule has 16 heteroatoms. The molecule has 0 aliphatic carbocycles. The number of nitrogens with zero attached hydrogens (tertiary/aromatic N) is 4. The van der Waals surface area contributed by atoms with Gasteiger partial charge in [0.2, 0.25) is 5.95 Å². The Morgan fingerprint density at radius 1 is 1.32 bits per heavy atom. The Balaban J connectivity index is 1.56. The molecule has 0 radical (unpaired) electrons. The molecule has 2 aromatic heterocycles. The summed E-state index contributed by atoms with van der Waals surface area (Å²) in [5.41, 5.74) is 4.11. The van der Waals surface area contributed by atoms with Crippen molar-refractivity contribution in [2.75, 3.05) is 24.7 Å². The van der Waals surface area contributed by atoms with Gasteiger partial charge in [-0.2, -0.15) is 9.97 Å². The minimum absolute atomic E-state index is 0.0486. The Hall–Kier alpha value is -2.94. The number of imidazole rings is 1. The lowest BCUT2D eigenvalue weighted by Crippen LogP contribution is -2.41. The molecule has 6 atom stereocenters. The summed E-state index contributed by atoms with van der Waals surface area (Å²) >= 11 is 5.70. The molecule has 0 bridgehead atoms. The van der Waals surface area contributed by atoms with E-state index in [0.717, 1.165) is 0 Å². The third-order valence-corrected chi connectivity index (χ3v) is 8.58. The Bertz CT molecular complexity index is 1390. The average Bonchev–Trinajstić information content (AvgIpc) is 3.40. The summed E-state index contributed by atoms with van der Waals surface area (Å²) in [6, 6.07) is 7.77. The first-order chi connectivity index (χ1) is 18.8. The van der Waals surface area contributed by atoms with Crippen molar-refractivity contribution in [3.05, 3.63) is 36.7 Å². The second-order valence-corrected chi connectivity index (χ2v) is 12.8. The molecule has 40 heavy (non-hydrogen) atoms. The minimum atomic E-state index is -3.45. The zero-order valence-corrected chi connectivity index (χ0v) is 24.4. The van der Waals surface area contributed by atoms with Crippen LogP contribution in [-0.4, -0.2) is 74.3 Å². The second-order valence-electron chi connectivity index (χ2n) is 9.66. The molecular weight excluding hydrogens is 564 g/mol. The van der Waals surface area contributed by atoms with Gasteiger partial charge in [-0.05, 0) is 51.6 Å². The maximum absolute atomic E-state index is 16.0. The molecule has 1 fully saturated rings. The standard InChI is InChI=1S/C24H33FN7O6PS/c1-13(2)36-21(34)14(3)31-39(40,38-15-9-7-6-8-10-15)35-11-16-18(33)24(4,25)22(37-16)32-12-28-17-19(27-5)29-23(26)30-20(17)32/h6-10,12-14,16,18,22,33H,11H2,1-5H3,(H,31,40)(H3,26,27,29,30)/t14-,16?,18+,22?,24+,39-/m0/s1. The van der Waals surface area contributed by atoms with Crippen LogP contribution in [0, 0.1) is 0 Å². The first-order valence-corrected chi connectivity index (χ1v) is 15.2. The number of nitrogens with two attached hydrogens (primary N) is 1. The number of halogens is 1. The van der Waals surface area contributed by atoms with Crippen molar-refractivity contribution >= 4 is 47.3 Å². The van der Waals surface area contributed by atoms with Crippen LogP contribution < -0.4 is 20.7 Å². The minimum Gasteiger partial charge on any atom is -0.462 e. The normalized spacial score (nSPS) is 25.1. The number of aliphatic hydroxyl groups is 1. The van der Waals surface area contributed by atoms with Crippen molar-refractivity contribution in [2.45, 2.75) is 63.9 Å². The van der Waals surface area contributed by atoms with Gasteiger partial charge in [0.25, 0.3) is 0 Å². The van der Waals surface area contributed by atoms with Crippen LogP contribution >= 0.6 is 6.64 Å². The van der Waals surface area contributed by atoms with Crippen molar-refractivity contribution in [1.82, 2.24) is 24.6 Å². The van der Waals surface area contributed by atoms with E-state index < -0.39 is 42.8 Å². The molecule has 3 heterocycles. The van der Waals surface area contributed by atoms with E-state index in [1.54, 1.807) is 58.2 Å². The Morgan fingerprint density at radius 3 is 2.67 bits per heavy atom. The number of hydrogen-bond donors (Lipinski definition) is 4. The van der Waals surface area contributed by atoms with Crippen LogP contribution in [-0.2, 0) is 30.6 Å². The first kappa shape index (κ1) is 30.0. The molecule has 0 saturated carbocycles. The number of carbonyl (C=O) groups excluding carboxylic acids is 1. The topological polar surface area (TPSA) is 168 Å². The molecule has 5 N–H and O–H groups in total. The number of carbonyl (C=O) groups is 1. The molecule has 0 amide bonds. The fourth-order valence-corrected chi connectivity index (χ4v) is 6.55. The van der Waals surface area contributed by atoms with Gasteiger partial charge in [-0.15, -0.1) is 0 Å². The number of aliphatic hydroxyl groups excluding tert-OH is 1. The molecule has 1 aliphatic rings. The van der Waals surface area contributed by atoms with Gasteiger partial charge in [0.15, 0.2) is 28.9 Å². The Morgan fingerprint density at radius 2 is 2.02 bits per heavy atom. The number of hydrogen-bond acceptors (Lipinski definition) is 12. The van der Waals surface area contributed by atoms with Crippen LogP contribution in [0.1, 0.15) is 33.9 Å². The monoisotopic (exact) mass is 597 g/mol. The zero-order chi connectivity index (χ0) is 29.2. The zero-order valence-electron chi connectivity index (χ0n) is 22.6. The molecule has 4 rings (SSSR count). The van der Waals surface area contributed by atoms with Crippen LogP contribution in [0.25, 0.3) is 11.2 Å². The van der Waals surface area contributed by atoms with Gasteiger partial charge in [-0.25, -0.2) is 14.5 Å². The molecule has 0 spiro atoms. The predicted molar refractivity (Wildman–Crippen MR) is 150 cm³/mol. The van der Waals surface area contributed by atoms with E-state index in [1.165, 1.54) is 17.8 Å². The van der Waals surface area contributed by atoms with Crippen molar-refractivity contribution in [1.29, 1.82) is 0 Å². The number of esters is 1.